The number of ether oxygens (including phenoxy) is 1. The van der Waals surface area contributed by atoms with Gasteiger partial charge in [0.25, 0.3) is 5.91 Å². The molecule has 1 aromatic heterocycles. The number of imide groups is 1. The van der Waals surface area contributed by atoms with Crippen LogP contribution in [0, 0.1) is 19.8 Å². The lowest BCUT2D eigenvalue weighted by Crippen LogP contribution is -2.49. The van der Waals surface area contributed by atoms with E-state index < -0.39 is 11.6 Å². The van der Waals surface area contributed by atoms with E-state index in [4.69, 9.17) is 4.74 Å². The number of aryl methyl sites for hydroxylation is 1. The molecule has 3 amide bonds. The quantitative estimate of drug-likeness (QED) is 0.612. The number of hydrogen-bond donors (Lipinski definition) is 1. The monoisotopic (exact) mass is 375 g/mol. The molecular weight excluding hydrogens is 346 g/mol. The zero-order chi connectivity index (χ0) is 19.8. The first-order valence-corrected chi connectivity index (χ1v) is 9.62. The molecule has 3 rings (SSSR count). The van der Waals surface area contributed by atoms with Crippen molar-refractivity contribution < 1.29 is 19.1 Å². The molecule has 27 heavy (non-hydrogen) atoms. The van der Waals surface area contributed by atoms with Gasteiger partial charge < -0.3 is 14.6 Å². The summed E-state index contributed by atoms with van der Waals surface area (Å²) in [5.41, 5.74) is 1.55. The zero-order valence-electron chi connectivity index (χ0n) is 16.6. The number of aromatic nitrogens is 1. The SMILES string of the molecule is COCCn1c(C)cc(C(=O)CN2C(=O)NC3(CCC(C)CC3)C2=O)c1C. The molecule has 0 bridgehead atoms. The number of carbonyl (C=O) groups is 3. The van der Waals surface area contributed by atoms with Crippen molar-refractivity contribution in [2.45, 2.75) is 58.5 Å². The summed E-state index contributed by atoms with van der Waals surface area (Å²) in [6, 6.07) is 1.38. The smallest absolute Gasteiger partial charge is 0.325 e. The zero-order valence-corrected chi connectivity index (χ0v) is 16.6. The average molecular weight is 375 g/mol. The van der Waals surface area contributed by atoms with Gasteiger partial charge in [0.2, 0.25) is 0 Å². The minimum Gasteiger partial charge on any atom is -0.383 e. The Morgan fingerprint density at radius 3 is 2.59 bits per heavy atom. The second-order valence-electron chi connectivity index (χ2n) is 7.94. The number of Topliss-reactive ketones (excluding diaryl/α,β-unsaturated/α-hetero) is 1. The number of urea groups is 1. The minimum absolute atomic E-state index is 0.212. The Bertz CT molecular complexity index is 760. The van der Waals surface area contributed by atoms with Crippen LogP contribution in [0.1, 0.15) is 54.4 Å². The second kappa shape index (κ2) is 7.46. The third-order valence-corrected chi connectivity index (χ3v) is 6.07. The van der Waals surface area contributed by atoms with Gasteiger partial charge in [-0.25, -0.2) is 4.79 Å². The van der Waals surface area contributed by atoms with Gasteiger partial charge in [-0.1, -0.05) is 6.92 Å². The molecule has 1 spiro atoms. The van der Waals surface area contributed by atoms with E-state index in [2.05, 4.69) is 12.2 Å². The Labute approximate surface area is 160 Å². The van der Waals surface area contributed by atoms with Crippen molar-refractivity contribution in [2.75, 3.05) is 20.3 Å². The van der Waals surface area contributed by atoms with E-state index in [1.54, 1.807) is 7.11 Å². The molecule has 2 heterocycles. The third kappa shape index (κ3) is 3.52. The standard InChI is InChI=1S/C20H29N3O4/c1-13-5-7-20(8-6-13)18(25)23(19(26)21-20)12-17(24)16-11-14(2)22(15(16)3)9-10-27-4/h11,13H,5-10,12H2,1-4H3,(H,21,26). The maximum atomic E-state index is 12.9. The van der Waals surface area contributed by atoms with Crippen molar-refractivity contribution in [3.8, 4) is 0 Å². The van der Waals surface area contributed by atoms with Crippen LogP contribution in [-0.2, 0) is 16.1 Å². The molecular formula is C20H29N3O4. The molecule has 0 atom stereocenters. The highest BCUT2D eigenvalue weighted by atomic mass is 16.5. The molecule has 1 aliphatic carbocycles. The van der Waals surface area contributed by atoms with Gasteiger partial charge in [-0.3, -0.25) is 14.5 Å². The molecule has 7 nitrogen and oxygen atoms in total. The summed E-state index contributed by atoms with van der Waals surface area (Å²) >= 11 is 0. The highest BCUT2D eigenvalue weighted by molar-refractivity contribution is 6.11. The van der Waals surface area contributed by atoms with Crippen LogP contribution in [0.3, 0.4) is 0 Å². The highest BCUT2D eigenvalue weighted by Gasteiger charge is 2.52. The summed E-state index contributed by atoms with van der Waals surface area (Å²) in [4.78, 5) is 39.3. The molecule has 2 fully saturated rings. The topological polar surface area (TPSA) is 80.6 Å². The summed E-state index contributed by atoms with van der Waals surface area (Å²) < 4.78 is 7.14. The first-order chi connectivity index (χ1) is 12.8. The maximum Gasteiger partial charge on any atom is 0.325 e. The van der Waals surface area contributed by atoms with E-state index in [0.717, 1.165) is 29.1 Å². The molecule has 0 unspecified atom stereocenters. The number of nitrogens with one attached hydrogen (secondary N) is 1. The fourth-order valence-electron chi connectivity index (χ4n) is 4.25. The molecule has 0 aromatic carbocycles. The number of rotatable bonds is 6. The lowest BCUT2D eigenvalue weighted by Gasteiger charge is -2.33. The largest absolute Gasteiger partial charge is 0.383 e. The molecule has 7 heteroatoms. The van der Waals surface area contributed by atoms with E-state index in [0.29, 0.717) is 37.5 Å². The first-order valence-electron chi connectivity index (χ1n) is 9.62. The van der Waals surface area contributed by atoms with E-state index in [-0.39, 0.29) is 18.2 Å². The molecule has 0 radical (unpaired) electrons. The van der Waals surface area contributed by atoms with Crippen LogP contribution in [0.15, 0.2) is 6.07 Å². The van der Waals surface area contributed by atoms with E-state index in [9.17, 15) is 14.4 Å². The molecule has 1 saturated heterocycles. The van der Waals surface area contributed by atoms with Gasteiger partial charge in [0.05, 0.1) is 13.2 Å². The van der Waals surface area contributed by atoms with Crippen LogP contribution in [0.5, 0.6) is 0 Å². The van der Waals surface area contributed by atoms with Crippen LogP contribution < -0.4 is 5.32 Å². The molecule has 1 aromatic rings. The van der Waals surface area contributed by atoms with Crippen molar-refractivity contribution in [1.82, 2.24) is 14.8 Å². The van der Waals surface area contributed by atoms with Gasteiger partial charge in [0.15, 0.2) is 5.78 Å². The summed E-state index contributed by atoms with van der Waals surface area (Å²) in [7, 11) is 1.64. The fourth-order valence-corrected chi connectivity index (χ4v) is 4.25. The maximum absolute atomic E-state index is 12.9. The van der Waals surface area contributed by atoms with Gasteiger partial charge in [0.1, 0.15) is 5.54 Å². The predicted octanol–water partition coefficient (Wildman–Crippen LogP) is 2.43. The fraction of sp³-hybridized carbons (Fsp3) is 0.650. The lowest BCUT2D eigenvalue weighted by molar-refractivity contribution is -0.132. The van der Waals surface area contributed by atoms with Gasteiger partial charge in [-0.15, -0.1) is 0 Å². The van der Waals surface area contributed by atoms with Crippen LogP contribution >= 0.6 is 0 Å². The summed E-state index contributed by atoms with van der Waals surface area (Å²) in [6.45, 7) is 6.98. The number of ketones is 1. The van der Waals surface area contributed by atoms with Gasteiger partial charge in [0, 0.05) is 30.6 Å². The molecule has 1 aliphatic heterocycles. The number of hydrogen-bond acceptors (Lipinski definition) is 4. The van der Waals surface area contributed by atoms with Gasteiger partial charge >= 0.3 is 6.03 Å². The van der Waals surface area contributed by atoms with Crippen molar-refractivity contribution >= 4 is 17.7 Å². The van der Waals surface area contributed by atoms with Gasteiger partial charge in [-0.2, -0.15) is 0 Å². The Balaban J connectivity index is 1.75. The minimum atomic E-state index is -0.806. The summed E-state index contributed by atoms with van der Waals surface area (Å²) in [5, 5.41) is 2.87. The van der Waals surface area contributed by atoms with Gasteiger partial charge in [-0.05, 0) is 51.5 Å². The Morgan fingerprint density at radius 1 is 1.30 bits per heavy atom. The van der Waals surface area contributed by atoms with E-state index in [1.165, 1.54) is 0 Å². The van der Waals surface area contributed by atoms with Crippen molar-refractivity contribution in [2.24, 2.45) is 5.92 Å². The van der Waals surface area contributed by atoms with Crippen LogP contribution in [-0.4, -0.2) is 53.0 Å². The molecule has 1 N–H and O–H groups in total. The normalized spacial score (nSPS) is 25.3. The second-order valence-corrected chi connectivity index (χ2v) is 7.94. The number of methoxy groups -OCH3 is 1. The summed E-state index contributed by atoms with van der Waals surface area (Å²) in [6.07, 6.45) is 3.12. The Hall–Kier alpha value is -2.15. The molecule has 1 saturated carbocycles. The van der Waals surface area contributed by atoms with E-state index >= 15 is 0 Å². The third-order valence-electron chi connectivity index (χ3n) is 6.07. The Morgan fingerprint density at radius 2 is 1.96 bits per heavy atom. The predicted molar refractivity (Wildman–Crippen MR) is 101 cm³/mol. The highest BCUT2D eigenvalue weighted by Crippen LogP contribution is 2.36. The number of carbonyl (C=O) groups excluding carboxylic acids is 3. The lowest BCUT2D eigenvalue weighted by atomic mass is 9.77. The molecule has 148 valence electrons. The average Bonchev–Trinajstić information content (AvgIpc) is 3.04. The number of amides is 3. The van der Waals surface area contributed by atoms with E-state index in [1.807, 2.05) is 24.5 Å². The van der Waals surface area contributed by atoms with Crippen LogP contribution in [0.4, 0.5) is 4.79 Å². The van der Waals surface area contributed by atoms with Crippen LogP contribution in [0.25, 0.3) is 0 Å². The first kappa shape index (κ1) is 19.6. The molecule has 2 aliphatic rings. The number of nitrogens with zero attached hydrogens (tertiary/aromatic N) is 2. The van der Waals surface area contributed by atoms with Crippen molar-refractivity contribution in [3.05, 3.63) is 23.0 Å². The van der Waals surface area contributed by atoms with Crippen LogP contribution in [0.2, 0.25) is 0 Å². The Kier molecular flexibility index (Phi) is 5.42. The summed E-state index contributed by atoms with van der Waals surface area (Å²) in [5.74, 6) is 0.103. The van der Waals surface area contributed by atoms with Crippen molar-refractivity contribution in [3.63, 3.8) is 0 Å². The van der Waals surface area contributed by atoms with Crippen molar-refractivity contribution in [1.29, 1.82) is 0 Å².